The Hall–Kier alpha value is -1.43. The van der Waals surface area contributed by atoms with Crippen molar-refractivity contribution in [2.24, 2.45) is 0 Å². The Bertz CT molecular complexity index is 415. The summed E-state index contributed by atoms with van der Waals surface area (Å²) in [6, 6.07) is 3.22. The van der Waals surface area contributed by atoms with Gasteiger partial charge in [-0.2, -0.15) is 0 Å². The molecule has 18 heavy (non-hydrogen) atoms. The highest BCUT2D eigenvalue weighted by Gasteiger charge is 2.13. The summed E-state index contributed by atoms with van der Waals surface area (Å²) in [6.07, 6.45) is 3.01. The van der Waals surface area contributed by atoms with E-state index in [1.54, 1.807) is 0 Å². The largest absolute Gasteiger partial charge is 0.505 e. The van der Waals surface area contributed by atoms with Crippen LogP contribution in [0.4, 0.5) is 14.9 Å². The second kappa shape index (κ2) is 7.10. The van der Waals surface area contributed by atoms with E-state index in [1.807, 2.05) is 0 Å². The molecule has 1 aromatic carbocycles. The zero-order chi connectivity index (χ0) is 13.5. The molecule has 0 heterocycles. The number of thiol groups is 1. The fourth-order valence-electron chi connectivity index (χ4n) is 1.39. The molecule has 0 atom stereocenters. The second-order valence-electron chi connectivity index (χ2n) is 3.89. The van der Waals surface area contributed by atoms with Crippen LogP contribution in [0.25, 0.3) is 0 Å². The molecule has 0 fully saturated rings. The summed E-state index contributed by atoms with van der Waals surface area (Å²) in [6.45, 7) is 2.64. The number of carbonyl (C=O) groups is 1. The molecule has 0 saturated heterocycles. The van der Waals surface area contributed by atoms with Gasteiger partial charge in [0.25, 0.3) is 0 Å². The van der Waals surface area contributed by atoms with Crippen LogP contribution < -0.4 is 9.62 Å². The number of phenols is 1. The Labute approximate surface area is 111 Å². The van der Waals surface area contributed by atoms with Crippen LogP contribution in [0, 0.1) is 5.82 Å². The molecule has 0 spiro atoms. The fourth-order valence-corrected chi connectivity index (χ4v) is 1.59. The van der Waals surface area contributed by atoms with E-state index in [1.165, 1.54) is 12.1 Å². The van der Waals surface area contributed by atoms with E-state index in [0.29, 0.717) is 6.54 Å². The summed E-state index contributed by atoms with van der Waals surface area (Å²) < 4.78 is 14.1. The number of hydrogen-bond donors (Lipinski definition) is 3. The van der Waals surface area contributed by atoms with E-state index in [9.17, 15) is 9.18 Å². The van der Waals surface area contributed by atoms with Crippen molar-refractivity contribution in [1.82, 2.24) is 5.32 Å². The monoisotopic (exact) mass is 272 g/mol. The number of rotatable bonds is 5. The summed E-state index contributed by atoms with van der Waals surface area (Å²) in [4.78, 5) is 11.7. The minimum Gasteiger partial charge on any atom is -0.505 e. The molecule has 4 nitrogen and oxygen atoms in total. The number of amides is 2. The van der Waals surface area contributed by atoms with Crippen molar-refractivity contribution in [3.05, 3.63) is 24.0 Å². The molecule has 6 heteroatoms. The van der Waals surface area contributed by atoms with Crippen molar-refractivity contribution >= 4 is 24.5 Å². The van der Waals surface area contributed by atoms with Gasteiger partial charge in [-0.05, 0) is 18.6 Å². The molecule has 2 amide bonds. The average Bonchev–Trinajstić information content (AvgIpc) is 2.37. The van der Waals surface area contributed by atoms with Crippen LogP contribution in [0.2, 0.25) is 0 Å². The number of halogens is 1. The van der Waals surface area contributed by atoms with Crippen LogP contribution in [0.1, 0.15) is 26.2 Å². The number of phenolic OH excluding ortho intramolecular Hbond substituents is 1. The molecule has 0 bridgehead atoms. The molecule has 100 valence electrons. The van der Waals surface area contributed by atoms with Crippen molar-refractivity contribution in [2.45, 2.75) is 26.2 Å². The summed E-state index contributed by atoms with van der Waals surface area (Å²) in [5.74, 6) is -1.24. The van der Waals surface area contributed by atoms with E-state index in [-0.39, 0.29) is 5.69 Å². The van der Waals surface area contributed by atoms with Gasteiger partial charge in [-0.3, -0.25) is 0 Å². The number of unbranched alkanes of at least 4 members (excludes halogenated alkanes) is 2. The van der Waals surface area contributed by atoms with Crippen molar-refractivity contribution in [3.63, 3.8) is 0 Å². The van der Waals surface area contributed by atoms with Crippen LogP contribution >= 0.6 is 12.8 Å². The first-order chi connectivity index (χ1) is 8.56. The fraction of sp³-hybridized carbons (Fsp3) is 0.417. The van der Waals surface area contributed by atoms with Gasteiger partial charge >= 0.3 is 6.03 Å². The van der Waals surface area contributed by atoms with Gasteiger partial charge < -0.3 is 10.4 Å². The number of urea groups is 1. The van der Waals surface area contributed by atoms with Crippen LogP contribution in [0.15, 0.2) is 18.2 Å². The number of nitrogens with zero attached hydrogens (tertiary/aromatic N) is 1. The Balaban J connectivity index is 2.54. The zero-order valence-corrected chi connectivity index (χ0v) is 11.1. The summed E-state index contributed by atoms with van der Waals surface area (Å²) in [5.41, 5.74) is 0.265. The lowest BCUT2D eigenvalue weighted by Crippen LogP contribution is -2.34. The number of benzene rings is 1. The highest BCUT2D eigenvalue weighted by Crippen LogP contribution is 2.23. The number of carbonyl (C=O) groups excluding carboxylic acids is 1. The van der Waals surface area contributed by atoms with E-state index in [2.05, 4.69) is 25.1 Å². The average molecular weight is 272 g/mol. The lowest BCUT2D eigenvalue weighted by Gasteiger charge is -2.16. The molecule has 0 aliphatic carbocycles. The van der Waals surface area contributed by atoms with Gasteiger partial charge in [0.2, 0.25) is 0 Å². The topological polar surface area (TPSA) is 52.6 Å². The first-order valence-corrected chi connectivity index (χ1v) is 6.21. The lowest BCUT2D eigenvalue weighted by molar-refractivity contribution is 0.249. The van der Waals surface area contributed by atoms with E-state index in [0.717, 1.165) is 29.6 Å². The van der Waals surface area contributed by atoms with Gasteiger partial charge in [-0.1, -0.05) is 32.6 Å². The summed E-state index contributed by atoms with van der Waals surface area (Å²) in [7, 11) is 0. The number of nitrogens with one attached hydrogen (secondary N) is 1. The molecule has 0 aliphatic heterocycles. The van der Waals surface area contributed by atoms with Gasteiger partial charge in [0.1, 0.15) is 0 Å². The third kappa shape index (κ3) is 4.10. The molecule has 0 aromatic heterocycles. The summed E-state index contributed by atoms with van der Waals surface area (Å²) >= 11 is 3.99. The van der Waals surface area contributed by atoms with E-state index in [4.69, 9.17) is 5.11 Å². The Morgan fingerprint density at radius 3 is 2.83 bits per heavy atom. The van der Waals surface area contributed by atoms with E-state index < -0.39 is 17.6 Å². The molecule has 2 N–H and O–H groups in total. The molecule has 1 rings (SSSR count). The van der Waals surface area contributed by atoms with Crippen molar-refractivity contribution < 1.29 is 14.3 Å². The molecular formula is C12H17FN2O2S. The highest BCUT2D eigenvalue weighted by atomic mass is 32.1. The first kappa shape index (κ1) is 14.6. The second-order valence-corrected chi connectivity index (χ2v) is 4.29. The van der Waals surface area contributed by atoms with Gasteiger partial charge in [0.15, 0.2) is 11.6 Å². The molecule has 0 aliphatic rings. The Kier molecular flexibility index (Phi) is 5.77. The quantitative estimate of drug-likeness (QED) is 0.570. The number of hydrogen-bond acceptors (Lipinski definition) is 3. The van der Waals surface area contributed by atoms with Crippen molar-refractivity contribution in [1.29, 1.82) is 0 Å². The minimum atomic E-state index is -0.787. The van der Waals surface area contributed by atoms with Crippen LogP contribution in [-0.2, 0) is 0 Å². The normalized spacial score (nSPS) is 10.2. The van der Waals surface area contributed by atoms with E-state index >= 15 is 0 Å². The molecule has 0 radical (unpaired) electrons. The zero-order valence-electron chi connectivity index (χ0n) is 10.2. The third-order valence-corrected chi connectivity index (χ3v) is 2.84. The molecular weight excluding hydrogens is 255 g/mol. The lowest BCUT2D eigenvalue weighted by atomic mass is 10.2. The van der Waals surface area contributed by atoms with Crippen LogP contribution in [-0.4, -0.2) is 17.7 Å². The number of aromatic hydroxyl groups is 1. The van der Waals surface area contributed by atoms with Gasteiger partial charge in [-0.15, -0.1) is 0 Å². The highest BCUT2D eigenvalue weighted by molar-refractivity contribution is 7.82. The third-order valence-electron chi connectivity index (χ3n) is 2.42. The first-order valence-electron chi connectivity index (χ1n) is 5.81. The maximum Gasteiger partial charge on any atom is 0.331 e. The smallest absolute Gasteiger partial charge is 0.331 e. The predicted molar refractivity (Wildman–Crippen MR) is 72.5 cm³/mol. The van der Waals surface area contributed by atoms with Gasteiger partial charge in [-0.25, -0.2) is 13.5 Å². The Morgan fingerprint density at radius 2 is 2.22 bits per heavy atom. The Morgan fingerprint density at radius 1 is 1.50 bits per heavy atom. The van der Waals surface area contributed by atoms with Gasteiger partial charge in [0.05, 0.1) is 5.69 Å². The summed E-state index contributed by atoms with van der Waals surface area (Å²) in [5, 5.41) is 11.7. The predicted octanol–water partition coefficient (Wildman–Crippen LogP) is 3.08. The maximum absolute atomic E-state index is 13.1. The van der Waals surface area contributed by atoms with Crippen LogP contribution in [0.5, 0.6) is 5.75 Å². The number of anilines is 1. The maximum atomic E-state index is 13.1. The van der Waals surface area contributed by atoms with Crippen LogP contribution in [0.3, 0.4) is 0 Å². The molecule has 1 aromatic rings. The molecule has 0 saturated carbocycles. The molecule has 0 unspecified atom stereocenters. The SMILES string of the molecule is CCCCCNC(=O)N(S)c1ccc(O)c(F)c1. The van der Waals surface area contributed by atoms with Gasteiger partial charge in [0, 0.05) is 12.6 Å². The minimum absolute atomic E-state index is 0.265. The van der Waals surface area contributed by atoms with Crippen molar-refractivity contribution in [3.8, 4) is 5.75 Å². The van der Waals surface area contributed by atoms with Crippen molar-refractivity contribution in [2.75, 3.05) is 10.8 Å². The standard InChI is InChI=1S/C12H17FN2O2S/c1-2-3-4-7-14-12(17)15(18)9-5-6-11(16)10(13)8-9/h5-6,8,16,18H,2-4,7H2,1H3,(H,14,17).